The van der Waals surface area contributed by atoms with Gasteiger partial charge in [0.05, 0.1) is 11.8 Å². The average Bonchev–Trinajstić information content (AvgIpc) is 3.13. The van der Waals surface area contributed by atoms with E-state index >= 15 is 0 Å². The molecule has 0 aromatic carbocycles. The number of carbonyl (C=O) groups is 2. The summed E-state index contributed by atoms with van der Waals surface area (Å²) in [5.41, 5.74) is 0. The molecule has 4 nitrogen and oxygen atoms in total. The lowest BCUT2D eigenvalue weighted by Crippen LogP contribution is -2.45. The van der Waals surface area contributed by atoms with Crippen LogP contribution in [0.1, 0.15) is 39.5 Å². The summed E-state index contributed by atoms with van der Waals surface area (Å²) >= 11 is 0. The average molecular weight is 291 g/mol. The van der Waals surface area contributed by atoms with Gasteiger partial charge in [0.15, 0.2) is 0 Å². The molecule has 0 radical (unpaired) electrons. The Balaban J connectivity index is 1.68. The molecule has 2 N–H and O–H groups in total. The molecule has 2 bridgehead atoms. The van der Waals surface area contributed by atoms with Crippen molar-refractivity contribution in [2.45, 2.75) is 45.6 Å². The molecule has 0 aliphatic heterocycles. The second kappa shape index (κ2) is 5.47. The van der Waals surface area contributed by atoms with Crippen LogP contribution >= 0.6 is 0 Å². The molecule has 0 spiro atoms. The second-order valence-electron chi connectivity index (χ2n) is 7.06. The van der Waals surface area contributed by atoms with Crippen molar-refractivity contribution in [1.29, 1.82) is 0 Å². The van der Waals surface area contributed by atoms with Crippen LogP contribution in [0.4, 0.5) is 0 Å². The van der Waals surface area contributed by atoms with E-state index in [1.165, 1.54) is 6.42 Å². The summed E-state index contributed by atoms with van der Waals surface area (Å²) in [6.45, 7) is 4.41. The number of fused-ring (bicyclic) bond motifs is 2. The molecular weight excluding hydrogens is 266 g/mol. The highest BCUT2D eigenvalue weighted by Crippen LogP contribution is 2.48. The summed E-state index contributed by atoms with van der Waals surface area (Å²) in [5.74, 6) is -0.404. The zero-order valence-corrected chi connectivity index (χ0v) is 12.8. The lowest BCUT2D eigenvalue weighted by Gasteiger charge is -2.27. The van der Waals surface area contributed by atoms with Crippen LogP contribution < -0.4 is 5.32 Å². The van der Waals surface area contributed by atoms with Gasteiger partial charge >= 0.3 is 5.97 Å². The molecule has 4 heteroatoms. The first-order chi connectivity index (χ1) is 10.0. The number of carboxylic acids is 1. The molecule has 0 aromatic rings. The van der Waals surface area contributed by atoms with Gasteiger partial charge in [-0.2, -0.15) is 0 Å². The Morgan fingerprint density at radius 3 is 2.43 bits per heavy atom. The Kier molecular flexibility index (Phi) is 3.80. The van der Waals surface area contributed by atoms with Crippen molar-refractivity contribution in [3.63, 3.8) is 0 Å². The van der Waals surface area contributed by atoms with Gasteiger partial charge in [0.2, 0.25) is 5.91 Å². The number of carbonyl (C=O) groups excluding carboxylic acids is 1. The van der Waals surface area contributed by atoms with Gasteiger partial charge in [-0.15, -0.1) is 0 Å². The summed E-state index contributed by atoms with van der Waals surface area (Å²) < 4.78 is 0. The number of nitrogens with one attached hydrogen (secondary N) is 1. The topological polar surface area (TPSA) is 66.4 Å². The largest absolute Gasteiger partial charge is 0.481 e. The SMILES string of the molecule is CCC1CCC(NC(=O)C2C3C=CC(C3)C2C(=O)O)C1C. The van der Waals surface area contributed by atoms with E-state index in [1.54, 1.807) is 0 Å². The first kappa shape index (κ1) is 14.6. The van der Waals surface area contributed by atoms with Crippen LogP contribution in [0.5, 0.6) is 0 Å². The molecule has 3 aliphatic rings. The fourth-order valence-electron chi connectivity index (χ4n) is 4.82. The van der Waals surface area contributed by atoms with Gasteiger partial charge in [-0.25, -0.2) is 0 Å². The fraction of sp³-hybridized carbons (Fsp3) is 0.765. The van der Waals surface area contributed by atoms with Crippen molar-refractivity contribution in [1.82, 2.24) is 5.32 Å². The van der Waals surface area contributed by atoms with Crippen LogP contribution in [0.15, 0.2) is 12.2 Å². The summed E-state index contributed by atoms with van der Waals surface area (Å²) in [6.07, 6.45) is 8.20. The van der Waals surface area contributed by atoms with Gasteiger partial charge in [0.25, 0.3) is 0 Å². The molecule has 0 heterocycles. The maximum absolute atomic E-state index is 12.6. The first-order valence-corrected chi connectivity index (χ1v) is 8.24. The highest BCUT2D eigenvalue weighted by molar-refractivity contribution is 5.87. The van der Waals surface area contributed by atoms with Gasteiger partial charge in [-0.3, -0.25) is 9.59 Å². The number of rotatable bonds is 4. The molecule has 7 atom stereocenters. The Hall–Kier alpha value is -1.32. The van der Waals surface area contributed by atoms with Gasteiger partial charge in [0, 0.05) is 6.04 Å². The Morgan fingerprint density at radius 2 is 1.86 bits per heavy atom. The molecule has 1 amide bonds. The van der Waals surface area contributed by atoms with Crippen LogP contribution in [0.25, 0.3) is 0 Å². The molecule has 116 valence electrons. The van der Waals surface area contributed by atoms with Crippen molar-refractivity contribution in [2.75, 3.05) is 0 Å². The van der Waals surface area contributed by atoms with Crippen LogP contribution in [-0.4, -0.2) is 23.0 Å². The van der Waals surface area contributed by atoms with Gasteiger partial charge in [-0.05, 0) is 42.9 Å². The number of carboxylic acid groups (broad SMARTS) is 1. The van der Waals surface area contributed by atoms with E-state index in [2.05, 4.69) is 19.2 Å². The second-order valence-corrected chi connectivity index (χ2v) is 7.06. The maximum atomic E-state index is 12.6. The number of allylic oxidation sites excluding steroid dienone is 2. The van der Waals surface area contributed by atoms with E-state index in [9.17, 15) is 14.7 Å². The summed E-state index contributed by atoms with van der Waals surface area (Å²) in [4.78, 5) is 24.1. The lowest BCUT2D eigenvalue weighted by atomic mass is 9.82. The monoisotopic (exact) mass is 291 g/mol. The van der Waals surface area contributed by atoms with Crippen LogP contribution in [0.3, 0.4) is 0 Å². The molecule has 2 fully saturated rings. The maximum Gasteiger partial charge on any atom is 0.307 e. The summed E-state index contributed by atoms with van der Waals surface area (Å²) in [7, 11) is 0. The molecule has 3 rings (SSSR count). The number of hydrogen-bond donors (Lipinski definition) is 2. The smallest absolute Gasteiger partial charge is 0.307 e. The predicted octanol–water partition coefficient (Wildman–Crippen LogP) is 2.45. The van der Waals surface area contributed by atoms with E-state index in [4.69, 9.17) is 0 Å². The van der Waals surface area contributed by atoms with Crippen molar-refractivity contribution in [3.8, 4) is 0 Å². The highest BCUT2D eigenvalue weighted by Gasteiger charge is 2.52. The van der Waals surface area contributed by atoms with Gasteiger partial charge in [0.1, 0.15) is 0 Å². The van der Waals surface area contributed by atoms with Gasteiger partial charge in [-0.1, -0.05) is 32.4 Å². The normalized spacial score (nSPS) is 44.2. The summed E-state index contributed by atoms with van der Waals surface area (Å²) in [6, 6.07) is 0.222. The Bertz CT molecular complexity index is 473. The van der Waals surface area contributed by atoms with E-state index in [0.29, 0.717) is 11.8 Å². The molecule has 0 saturated heterocycles. The van der Waals surface area contributed by atoms with Crippen molar-refractivity contribution in [2.24, 2.45) is 35.5 Å². The third-order valence-electron chi connectivity index (χ3n) is 6.13. The van der Waals surface area contributed by atoms with Crippen molar-refractivity contribution >= 4 is 11.9 Å². The summed E-state index contributed by atoms with van der Waals surface area (Å²) in [5, 5.41) is 12.6. The van der Waals surface area contributed by atoms with Crippen molar-refractivity contribution < 1.29 is 14.7 Å². The number of aliphatic carboxylic acids is 1. The zero-order valence-electron chi connectivity index (χ0n) is 12.8. The minimum Gasteiger partial charge on any atom is -0.481 e. The zero-order chi connectivity index (χ0) is 15.1. The van der Waals surface area contributed by atoms with Gasteiger partial charge < -0.3 is 10.4 Å². The minimum atomic E-state index is -0.821. The number of amides is 1. The van der Waals surface area contributed by atoms with E-state index in [0.717, 1.165) is 19.3 Å². The standard InChI is InChI=1S/C17H25NO3/c1-3-10-6-7-13(9(10)2)18-16(19)14-11-4-5-12(8-11)15(14)17(20)21/h4-5,9-15H,3,6-8H2,1-2H3,(H,18,19)(H,20,21). The molecule has 7 unspecified atom stereocenters. The Morgan fingerprint density at radius 1 is 1.19 bits per heavy atom. The highest BCUT2D eigenvalue weighted by atomic mass is 16.4. The molecular formula is C17H25NO3. The Labute approximate surface area is 126 Å². The van der Waals surface area contributed by atoms with E-state index in [1.807, 2.05) is 12.2 Å². The number of hydrogen-bond acceptors (Lipinski definition) is 2. The quantitative estimate of drug-likeness (QED) is 0.782. The molecule has 3 aliphatic carbocycles. The van der Waals surface area contributed by atoms with Crippen LogP contribution in [0, 0.1) is 35.5 Å². The lowest BCUT2D eigenvalue weighted by molar-refractivity contribution is -0.148. The van der Waals surface area contributed by atoms with Crippen molar-refractivity contribution in [3.05, 3.63) is 12.2 Å². The van der Waals surface area contributed by atoms with Crippen LogP contribution in [-0.2, 0) is 9.59 Å². The first-order valence-electron chi connectivity index (χ1n) is 8.24. The minimum absolute atomic E-state index is 0.0344. The third kappa shape index (κ3) is 2.39. The van der Waals surface area contributed by atoms with Crippen LogP contribution in [0.2, 0.25) is 0 Å². The van der Waals surface area contributed by atoms with E-state index in [-0.39, 0.29) is 29.7 Å². The van der Waals surface area contributed by atoms with E-state index < -0.39 is 11.9 Å². The molecule has 2 saturated carbocycles. The molecule has 21 heavy (non-hydrogen) atoms. The fourth-order valence-corrected chi connectivity index (χ4v) is 4.82. The third-order valence-corrected chi connectivity index (χ3v) is 6.13. The predicted molar refractivity (Wildman–Crippen MR) is 79.5 cm³/mol. The molecule has 0 aromatic heterocycles.